The van der Waals surface area contributed by atoms with Crippen LogP contribution in [0.3, 0.4) is 0 Å². The molecule has 0 aliphatic heterocycles. The summed E-state index contributed by atoms with van der Waals surface area (Å²) in [7, 11) is 0. The van der Waals surface area contributed by atoms with Crippen molar-refractivity contribution < 1.29 is 0 Å². The van der Waals surface area contributed by atoms with Crippen molar-refractivity contribution in [3.63, 3.8) is 0 Å². The lowest BCUT2D eigenvalue weighted by atomic mass is 9.90. The number of nitriles is 1. The molecule has 0 radical (unpaired) electrons. The summed E-state index contributed by atoms with van der Waals surface area (Å²) in [6, 6.07) is 51.7. The summed E-state index contributed by atoms with van der Waals surface area (Å²) < 4.78 is 0. The fourth-order valence-corrected chi connectivity index (χ4v) is 6.31. The molecule has 0 fully saturated rings. The molecule has 0 saturated carbocycles. The lowest BCUT2D eigenvalue weighted by Gasteiger charge is -2.18. The first-order valence-electron chi connectivity index (χ1n) is 17.3. The van der Waals surface area contributed by atoms with Gasteiger partial charge in [0.05, 0.1) is 45.4 Å². The highest BCUT2D eigenvalue weighted by Crippen LogP contribution is 2.37. The Morgan fingerprint density at radius 2 is 1.08 bits per heavy atom. The van der Waals surface area contributed by atoms with E-state index in [4.69, 9.17) is 15.0 Å². The highest BCUT2D eigenvalue weighted by atomic mass is 14.8. The number of rotatable bonds is 7. The molecule has 1 aliphatic rings. The van der Waals surface area contributed by atoms with Crippen LogP contribution in [0, 0.1) is 11.3 Å². The largest absolute Gasteiger partial charge is 0.248 e. The number of benzene rings is 5. The summed E-state index contributed by atoms with van der Waals surface area (Å²) >= 11 is 0. The lowest BCUT2D eigenvalue weighted by molar-refractivity contribution is 1.04. The van der Waals surface area contributed by atoms with Crippen molar-refractivity contribution in [2.24, 2.45) is 0 Å². The van der Waals surface area contributed by atoms with Gasteiger partial charge in [-0.05, 0) is 83.2 Å². The first-order chi connectivity index (χ1) is 25.6. The van der Waals surface area contributed by atoms with Crippen LogP contribution in [0.5, 0.6) is 0 Å². The molecule has 52 heavy (non-hydrogen) atoms. The number of pyridine rings is 1. The van der Waals surface area contributed by atoms with Gasteiger partial charge in [0.2, 0.25) is 0 Å². The molecule has 0 bridgehead atoms. The zero-order valence-corrected chi connectivity index (χ0v) is 28.8. The fourth-order valence-electron chi connectivity index (χ4n) is 6.31. The normalized spacial score (nSPS) is 12.1. The van der Waals surface area contributed by atoms with Gasteiger partial charge in [0, 0.05) is 16.7 Å². The number of hydrogen-bond donors (Lipinski definition) is 0. The minimum absolute atomic E-state index is 0.654. The number of hydrogen-bond acceptors (Lipinski definition) is 4. The third kappa shape index (κ3) is 7.45. The topological polar surface area (TPSA) is 62.5 Å². The summed E-state index contributed by atoms with van der Waals surface area (Å²) in [6.45, 7) is 6.72. The van der Waals surface area contributed by atoms with Gasteiger partial charge in [-0.1, -0.05) is 141 Å². The predicted molar refractivity (Wildman–Crippen MR) is 216 cm³/mol. The SMILES string of the molecule is C=CC=C.N#Cc1cccc(C2=CCCC(c3nc4ccccc4nc3-c3ccc(-c4cc(-c5ccccc5)nc(-c5ccccc5)c4)cc3)=C2)c1. The van der Waals surface area contributed by atoms with Crippen LogP contribution >= 0.6 is 0 Å². The summed E-state index contributed by atoms with van der Waals surface area (Å²) in [5.41, 5.74) is 14.7. The number of allylic oxidation sites excluding steroid dienone is 6. The van der Waals surface area contributed by atoms with Gasteiger partial charge < -0.3 is 0 Å². The van der Waals surface area contributed by atoms with E-state index in [2.05, 4.69) is 98.1 Å². The second-order valence-corrected chi connectivity index (χ2v) is 12.4. The standard InChI is InChI=1S/C44H30N4.C4H6/c45-29-30-11-9-16-35(25-30)36-17-10-18-37(26-36)44-43(47-39-19-7-8-20-40(39)48-44)34-23-21-31(22-24-34)38-27-41(32-12-3-1-4-13-32)46-42(28-38)33-14-5-2-6-15-33;1-3-4-2/h1-9,11-17,19-28H,10,18H2;3-4H,1-2H2. The second-order valence-electron chi connectivity index (χ2n) is 12.4. The van der Waals surface area contributed by atoms with E-state index >= 15 is 0 Å². The van der Waals surface area contributed by atoms with Crippen molar-refractivity contribution >= 4 is 22.2 Å². The molecule has 248 valence electrons. The third-order valence-electron chi connectivity index (χ3n) is 8.93. The van der Waals surface area contributed by atoms with E-state index in [0.717, 1.165) is 91.2 Å². The number of aromatic nitrogens is 3. The highest BCUT2D eigenvalue weighted by Gasteiger charge is 2.18. The van der Waals surface area contributed by atoms with E-state index in [-0.39, 0.29) is 0 Å². The highest BCUT2D eigenvalue weighted by molar-refractivity contribution is 5.91. The Hall–Kier alpha value is -6.96. The summed E-state index contributed by atoms with van der Waals surface area (Å²) in [5, 5.41) is 9.47. The quantitative estimate of drug-likeness (QED) is 0.159. The molecule has 0 spiro atoms. The van der Waals surface area contributed by atoms with Gasteiger partial charge in [-0.25, -0.2) is 15.0 Å². The van der Waals surface area contributed by atoms with Crippen LogP contribution in [0.2, 0.25) is 0 Å². The number of fused-ring (bicyclic) bond motifs is 1. The minimum Gasteiger partial charge on any atom is -0.248 e. The average Bonchev–Trinajstić information content (AvgIpc) is 3.24. The minimum atomic E-state index is 0.654. The van der Waals surface area contributed by atoms with Crippen molar-refractivity contribution in [2.75, 3.05) is 0 Å². The maximum atomic E-state index is 9.47. The summed E-state index contributed by atoms with van der Waals surface area (Å²) in [6.07, 6.45) is 9.48. The molecule has 8 rings (SSSR count). The Balaban J connectivity index is 0.00000100. The Kier molecular flexibility index (Phi) is 10.1. The average molecular weight is 669 g/mol. The van der Waals surface area contributed by atoms with E-state index in [1.165, 1.54) is 0 Å². The van der Waals surface area contributed by atoms with Crippen LogP contribution in [0.15, 0.2) is 183 Å². The van der Waals surface area contributed by atoms with Gasteiger partial charge in [0.15, 0.2) is 0 Å². The van der Waals surface area contributed by atoms with Crippen LogP contribution in [0.1, 0.15) is 29.7 Å². The molecule has 4 nitrogen and oxygen atoms in total. The number of para-hydroxylation sites is 2. The molecule has 0 unspecified atom stereocenters. The Bertz CT molecular complexity index is 2420. The molecule has 2 heterocycles. The van der Waals surface area contributed by atoms with Gasteiger partial charge in [0.1, 0.15) is 0 Å². The van der Waals surface area contributed by atoms with Gasteiger partial charge in [0.25, 0.3) is 0 Å². The van der Waals surface area contributed by atoms with Crippen molar-refractivity contribution in [1.29, 1.82) is 5.26 Å². The smallest absolute Gasteiger partial charge is 0.0991 e. The maximum absolute atomic E-state index is 9.47. The second kappa shape index (κ2) is 15.7. The fraction of sp³-hybridized carbons (Fsp3) is 0.0417. The molecule has 0 amide bonds. The molecule has 5 aromatic carbocycles. The van der Waals surface area contributed by atoms with Gasteiger partial charge in [-0.2, -0.15) is 5.26 Å². The van der Waals surface area contributed by atoms with Crippen LogP contribution in [0.25, 0.3) is 67.1 Å². The van der Waals surface area contributed by atoms with E-state index in [1.54, 1.807) is 12.2 Å². The van der Waals surface area contributed by atoms with Crippen molar-refractivity contribution in [3.05, 3.63) is 200 Å². The molecule has 1 aliphatic carbocycles. The lowest BCUT2D eigenvalue weighted by Crippen LogP contribution is -2.01. The van der Waals surface area contributed by atoms with Crippen LogP contribution in [-0.4, -0.2) is 15.0 Å². The third-order valence-corrected chi connectivity index (χ3v) is 8.93. The van der Waals surface area contributed by atoms with Crippen molar-refractivity contribution in [1.82, 2.24) is 15.0 Å². The first-order valence-corrected chi connectivity index (χ1v) is 17.3. The molecular weight excluding hydrogens is 633 g/mol. The van der Waals surface area contributed by atoms with Crippen LogP contribution < -0.4 is 0 Å². The molecule has 2 aromatic heterocycles. The van der Waals surface area contributed by atoms with Gasteiger partial charge in [-0.3, -0.25) is 0 Å². The van der Waals surface area contributed by atoms with E-state index in [9.17, 15) is 5.26 Å². The zero-order valence-electron chi connectivity index (χ0n) is 28.8. The Labute approximate surface area is 305 Å². The van der Waals surface area contributed by atoms with Crippen molar-refractivity contribution in [3.8, 4) is 51.0 Å². The first kappa shape index (κ1) is 33.5. The van der Waals surface area contributed by atoms with Gasteiger partial charge >= 0.3 is 0 Å². The molecule has 0 N–H and O–H groups in total. The molecule has 7 aromatic rings. The molecule has 0 atom stereocenters. The molecular formula is C48H36N4. The van der Waals surface area contributed by atoms with Gasteiger partial charge in [-0.15, -0.1) is 0 Å². The summed E-state index contributed by atoms with van der Waals surface area (Å²) in [4.78, 5) is 15.4. The zero-order chi connectivity index (χ0) is 35.7. The van der Waals surface area contributed by atoms with E-state index in [1.807, 2.05) is 78.9 Å². The monoisotopic (exact) mass is 668 g/mol. The Morgan fingerprint density at radius 3 is 1.67 bits per heavy atom. The number of nitrogens with zero attached hydrogens (tertiary/aromatic N) is 4. The molecule has 4 heteroatoms. The maximum Gasteiger partial charge on any atom is 0.0991 e. The van der Waals surface area contributed by atoms with E-state index in [0.29, 0.717) is 5.56 Å². The van der Waals surface area contributed by atoms with Crippen LogP contribution in [-0.2, 0) is 0 Å². The summed E-state index contributed by atoms with van der Waals surface area (Å²) in [5.74, 6) is 0. The van der Waals surface area contributed by atoms with E-state index < -0.39 is 0 Å². The van der Waals surface area contributed by atoms with Crippen LogP contribution in [0.4, 0.5) is 0 Å². The van der Waals surface area contributed by atoms with Crippen molar-refractivity contribution in [2.45, 2.75) is 12.8 Å². The Morgan fingerprint density at radius 1 is 0.519 bits per heavy atom. The predicted octanol–water partition coefficient (Wildman–Crippen LogP) is 12.2. The molecule has 0 saturated heterocycles.